The molecule has 0 bridgehead atoms. The number of guanidine groups is 1. The van der Waals surface area contributed by atoms with E-state index < -0.39 is 0 Å². The van der Waals surface area contributed by atoms with E-state index in [0.29, 0.717) is 5.41 Å². The largest absolute Gasteiger partial charge is 0.379 e. The van der Waals surface area contributed by atoms with E-state index in [-0.39, 0.29) is 35.8 Å². The molecule has 0 aromatic heterocycles. The first-order chi connectivity index (χ1) is 13.7. The predicted molar refractivity (Wildman–Crippen MR) is 125 cm³/mol. The van der Waals surface area contributed by atoms with Crippen molar-refractivity contribution in [1.82, 2.24) is 15.1 Å². The van der Waals surface area contributed by atoms with Gasteiger partial charge in [0.15, 0.2) is 5.96 Å². The summed E-state index contributed by atoms with van der Waals surface area (Å²) in [4.78, 5) is 9.44. The van der Waals surface area contributed by atoms with Gasteiger partial charge in [-0.3, -0.25) is 9.89 Å². The Labute approximate surface area is 191 Å². The molecule has 1 aliphatic carbocycles. The van der Waals surface area contributed by atoms with Gasteiger partial charge < -0.3 is 15.0 Å². The van der Waals surface area contributed by atoms with Gasteiger partial charge in [-0.25, -0.2) is 4.39 Å². The highest BCUT2D eigenvalue weighted by atomic mass is 127. The molecule has 1 aromatic rings. The number of benzene rings is 1. The van der Waals surface area contributed by atoms with Crippen molar-refractivity contribution in [2.24, 2.45) is 10.4 Å². The lowest BCUT2D eigenvalue weighted by molar-refractivity contribution is 0.0169. The summed E-state index contributed by atoms with van der Waals surface area (Å²) in [5, 5.41) is 3.63. The van der Waals surface area contributed by atoms with Gasteiger partial charge >= 0.3 is 0 Å². The second-order valence-electron chi connectivity index (χ2n) is 8.52. The third-order valence-corrected chi connectivity index (χ3v) is 6.81. The van der Waals surface area contributed by atoms with Gasteiger partial charge in [0.05, 0.1) is 19.3 Å². The lowest BCUT2D eigenvalue weighted by Crippen LogP contribution is -2.47. The Bertz CT molecular complexity index is 672. The van der Waals surface area contributed by atoms with Gasteiger partial charge in [-0.1, -0.05) is 25.0 Å². The lowest BCUT2D eigenvalue weighted by atomic mass is 9.86. The minimum absolute atomic E-state index is 0. The van der Waals surface area contributed by atoms with Crippen molar-refractivity contribution in [3.05, 3.63) is 35.6 Å². The van der Waals surface area contributed by atoms with Crippen molar-refractivity contribution in [3.8, 4) is 0 Å². The molecule has 1 N–H and O–H groups in total. The Balaban J connectivity index is 0.00000240. The summed E-state index contributed by atoms with van der Waals surface area (Å²) in [5.41, 5.74) is 1.66. The molecule has 1 spiro atoms. The van der Waals surface area contributed by atoms with E-state index in [9.17, 15) is 4.39 Å². The quantitative estimate of drug-likeness (QED) is 0.377. The molecule has 0 radical (unpaired) electrons. The summed E-state index contributed by atoms with van der Waals surface area (Å²) in [7, 11) is 1.88. The highest BCUT2D eigenvalue weighted by Gasteiger charge is 2.41. The fourth-order valence-electron chi connectivity index (χ4n) is 5.20. The highest BCUT2D eigenvalue weighted by Crippen LogP contribution is 2.45. The number of hydrogen-bond donors (Lipinski definition) is 1. The third-order valence-electron chi connectivity index (χ3n) is 6.81. The Hall–Kier alpha value is -0.930. The van der Waals surface area contributed by atoms with Crippen LogP contribution in [0.4, 0.5) is 4.39 Å². The van der Waals surface area contributed by atoms with Crippen LogP contribution in [0, 0.1) is 11.2 Å². The van der Waals surface area contributed by atoms with Gasteiger partial charge in [0, 0.05) is 39.8 Å². The molecule has 162 valence electrons. The van der Waals surface area contributed by atoms with Crippen molar-refractivity contribution >= 4 is 29.9 Å². The second kappa shape index (κ2) is 10.4. The van der Waals surface area contributed by atoms with Gasteiger partial charge in [-0.2, -0.15) is 0 Å². The molecule has 1 aromatic carbocycles. The average Bonchev–Trinajstić information content (AvgIpc) is 3.37. The van der Waals surface area contributed by atoms with Crippen LogP contribution in [0.3, 0.4) is 0 Å². The van der Waals surface area contributed by atoms with Crippen molar-refractivity contribution in [3.63, 3.8) is 0 Å². The fraction of sp³-hybridized carbons (Fsp3) is 0.682. The van der Waals surface area contributed by atoms with Gasteiger partial charge in [0.2, 0.25) is 0 Å². The summed E-state index contributed by atoms with van der Waals surface area (Å²) in [5.74, 6) is 0.816. The molecule has 1 saturated carbocycles. The maximum atomic E-state index is 13.4. The smallest absolute Gasteiger partial charge is 0.193 e. The Morgan fingerprint density at radius 2 is 1.83 bits per heavy atom. The number of aliphatic imine (C=N–C) groups is 1. The summed E-state index contributed by atoms with van der Waals surface area (Å²) in [6.07, 6.45) is 6.78. The van der Waals surface area contributed by atoms with E-state index in [0.717, 1.165) is 57.5 Å². The Kier molecular flexibility index (Phi) is 8.15. The minimum atomic E-state index is -0.188. The van der Waals surface area contributed by atoms with Gasteiger partial charge in [0.25, 0.3) is 0 Å². The number of nitrogens with one attached hydrogen (secondary N) is 1. The number of rotatable bonds is 4. The van der Waals surface area contributed by atoms with Crippen LogP contribution in [0.5, 0.6) is 0 Å². The van der Waals surface area contributed by atoms with Crippen LogP contribution < -0.4 is 5.32 Å². The normalized spacial score (nSPS) is 23.2. The van der Waals surface area contributed by atoms with Crippen LogP contribution in [0.2, 0.25) is 0 Å². The topological polar surface area (TPSA) is 40.1 Å². The molecule has 0 amide bonds. The van der Waals surface area contributed by atoms with Crippen LogP contribution in [0.1, 0.15) is 43.7 Å². The zero-order valence-corrected chi connectivity index (χ0v) is 19.7. The molecular weight excluding hydrogens is 482 g/mol. The van der Waals surface area contributed by atoms with Crippen LogP contribution in [-0.4, -0.2) is 68.7 Å². The highest BCUT2D eigenvalue weighted by molar-refractivity contribution is 14.0. The van der Waals surface area contributed by atoms with Crippen molar-refractivity contribution in [2.45, 2.75) is 38.1 Å². The van der Waals surface area contributed by atoms with Gasteiger partial charge in [0.1, 0.15) is 5.82 Å². The molecular formula is C22H34FIN4O. The van der Waals surface area contributed by atoms with E-state index in [1.807, 2.05) is 19.2 Å². The number of halogens is 2. The zero-order valence-electron chi connectivity index (χ0n) is 17.4. The van der Waals surface area contributed by atoms with Crippen LogP contribution >= 0.6 is 24.0 Å². The molecule has 3 aliphatic rings. The number of nitrogens with zero attached hydrogens (tertiary/aromatic N) is 3. The molecule has 3 fully saturated rings. The summed E-state index contributed by atoms with van der Waals surface area (Å²) in [6, 6.07) is 7.11. The number of likely N-dealkylation sites (tertiary alicyclic amines) is 1. The van der Waals surface area contributed by atoms with E-state index in [1.165, 1.54) is 32.1 Å². The maximum absolute atomic E-state index is 13.4. The zero-order chi connectivity index (χ0) is 19.4. The molecule has 7 heteroatoms. The molecule has 29 heavy (non-hydrogen) atoms. The van der Waals surface area contributed by atoms with E-state index in [4.69, 9.17) is 4.74 Å². The molecule has 4 rings (SSSR count). The SMILES string of the molecule is CN=C(NCC(c1ccc(F)cc1)N1CCOCC1)N1CCC2(CCCC2)C1.I. The second-order valence-corrected chi connectivity index (χ2v) is 8.52. The van der Waals surface area contributed by atoms with Crippen LogP contribution in [0.15, 0.2) is 29.3 Å². The van der Waals surface area contributed by atoms with E-state index in [1.54, 1.807) is 12.1 Å². The first-order valence-electron chi connectivity index (χ1n) is 10.7. The summed E-state index contributed by atoms with van der Waals surface area (Å²) < 4.78 is 19.0. The predicted octanol–water partition coefficient (Wildman–Crippen LogP) is 3.66. The van der Waals surface area contributed by atoms with Crippen LogP contribution in [-0.2, 0) is 4.74 Å². The average molecular weight is 516 g/mol. The molecule has 1 atom stereocenters. The van der Waals surface area contributed by atoms with Crippen molar-refractivity contribution in [2.75, 3.05) is 53.0 Å². The standard InChI is InChI=1S/C22H33FN4O.HI/c1-24-21(27-11-10-22(17-27)8-2-3-9-22)25-16-20(26-12-14-28-15-13-26)18-4-6-19(23)7-5-18;/h4-7,20H,2-3,8-17H2,1H3,(H,24,25);1H. The maximum Gasteiger partial charge on any atom is 0.193 e. The van der Waals surface area contributed by atoms with Gasteiger partial charge in [-0.05, 0) is 42.4 Å². The number of ether oxygens (including phenoxy) is 1. The number of hydrogen-bond acceptors (Lipinski definition) is 3. The molecule has 2 heterocycles. The molecule has 2 aliphatic heterocycles. The summed E-state index contributed by atoms with van der Waals surface area (Å²) >= 11 is 0. The Morgan fingerprint density at radius 1 is 1.14 bits per heavy atom. The monoisotopic (exact) mass is 516 g/mol. The first-order valence-corrected chi connectivity index (χ1v) is 10.7. The Morgan fingerprint density at radius 3 is 2.48 bits per heavy atom. The van der Waals surface area contributed by atoms with Crippen molar-refractivity contribution in [1.29, 1.82) is 0 Å². The van der Waals surface area contributed by atoms with Gasteiger partial charge in [-0.15, -0.1) is 24.0 Å². The van der Waals surface area contributed by atoms with Crippen LogP contribution in [0.25, 0.3) is 0 Å². The first kappa shape index (κ1) is 22.7. The molecule has 2 saturated heterocycles. The molecule has 5 nitrogen and oxygen atoms in total. The fourth-order valence-corrected chi connectivity index (χ4v) is 5.20. The molecule has 1 unspecified atom stereocenters. The lowest BCUT2D eigenvalue weighted by Gasteiger charge is -2.36. The van der Waals surface area contributed by atoms with E-state index in [2.05, 4.69) is 20.1 Å². The van der Waals surface area contributed by atoms with Crippen molar-refractivity contribution < 1.29 is 9.13 Å². The van der Waals surface area contributed by atoms with E-state index >= 15 is 0 Å². The minimum Gasteiger partial charge on any atom is -0.379 e. The number of morpholine rings is 1. The summed E-state index contributed by atoms with van der Waals surface area (Å²) in [6.45, 7) is 6.29. The third kappa shape index (κ3) is 5.41.